The Balaban J connectivity index is 1.56. The van der Waals surface area contributed by atoms with Crippen LogP contribution in [-0.2, 0) is 6.54 Å². The summed E-state index contributed by atoms with van der Waals surface area (Å²) in [6, 6.07) is 13.0. The third-order valence-corrected chi connectivity index (χ3v) is 5.61. The van der Waals surface area contributed by atoms with Crippen LogP contribution in [-0.4, -0.2) is 46.0 Å². The summed E-state index contributed by atoms with van der Waals surface area (Å²) in [6.07, 6.45) is 0. The average molecular weight is 406 g/mol. The summed E-state index contributed by atoms with van der Waals surface area (Å²) in [5.41, 5.74) is 3.05. The molecule has 0 unspecified atom stereocenters. The maximum absolute atomic E-state index is 12.8. The monoisotopic (exact) mass is 406 g/mol. The van der Waals surface area contributed by atoms with E-state index in [9.17, 15) is 9.59 Å². The molecule has 7 nitrogen and oxygen atoms in total. The number of nitrogens with one attached hydrogen (secondary N) is 1. The number of benzene rings is 2. The van der Waals surface area contributed by atoms with Gasteiger partial charge in [-0.1, -0.05) is 12.1 Å². The van der Waals surface area contributed by atoms with Crippen LogP contribution in [0.1, 0.15) is 53.4 Å². The number of methoxy groups -OCH3 is 1. The maximum Gasteiger partial charge on any atom is 0.290 e. The van der Waals surface area contributed by atoms with E-state index in [1.54, 1.807) is 19.2 Å². The molecular weight excluding hydrogens is 380 g/mol. The highest BCUT2D eigenvalue weighted by molar-refractivity contribution is 6.00. The minimum Gasteiger partial charge on any atom is -0.497 e. The standard InChI is InChI=1S/C23H26N4O3/c1-14(2)26-11-12-27-20-10-7-17(13-19(20)25-21(27)23(26)29)22(28)24-15(3)16-5-8-18(30-4)9-6-16/h5-10,13-15H,11-12H2,1-4H3,(H,24,28)/t15-/m1/s1. The number of ether oxygens (including phenoxy) is 1. The Labute approximate surface area is 175 Å². The second kappa shape index (κ2) is 7.82. The Morgan fingerprint density at radius 1 is 1.10 bits per heavy atom. The van der Waals surface area contributed by atoms with Gasteiger partial charge in [0, 0.05) is 24.7 Å². The Kier molecular flexibility index (Phi) is 5.20. The fourth-order valence-corrected chi connectivity index (χ4v) is 3.85. The van der Waals surface area contributed by atoms with Crippen molar-refractivity contribution in [2.45, 2.75) is 39.4 Å². The molecule has 3 aromatic rings. The molecule has 2 aromatic carbocycles. The van der Waals surface area contributed by atoms with Gasteiger partial charge in [0.15, 0.2) is 5.82 Å². The summed E-state index contributed by atoms with van der Waals surface area (Å²) in [6.45, 7) is 7.31. The van der Waals surface area contributed by atoms with Crippen LogP contribution in [0.2, 0.25) is 0 Å². The Morgan fingerprint density at radius 3 is 2.50 bits per heavy atom. The van der Waals surface area contributed by atoms with Crippen LogP contribution in [0.15, 0.2) is 42.5 Å². The van der Waals surface area contributed by atoms with Gasteiger partial charge in [-0.3, -0.25) is 9.59 Å². The third kappa shape index (κ3) is 3.51. The number of hydrogen-bond donors (Lipinski definition) is 1. The molecule has 0 saturated heterocycles. The van der Waals surface area contributed by atoms with Gasteiger partial charge >= 0.3 is 0 Å². The minimum absolute atomic E-state index is 0.0634. The van der Waals surface area contributed by atoms with Gasteiger partial charge in [0.1, 0.15) is 5.75 Å². The molecule has 1 aliphatic heterocycles. The van der Waals surface area contributed by atoms with Crippen molar-refractivity contribution in [2.75, 3.05) is 13.7 Å². The Hall–Kier alpha value is -3.35. The summed E-state index contributed by atoms with van der Waals surface area (Å²) in [4.78, 5) is 31.9. The van der Waals surface area contributed by atoms with Crippen molar-refractivity contribution in [3.63, 3.8) is 0 Å². The highest BCUT2D eigenvalue weighted by atomic mass is 16.5. The van der Waals surface area contributed by atoms with E-state index in [2.05, 4.69) is 10.3 Å². The Morgan fingerprint density at radius 2 is 1.83 bits per heavy atom. The molecule has 0 spiro atoms. The van der Waals surface area contributed by atoms with Gasteiger partial charge in [-0.2, -0.15) is 0 Å². The van der Waals surface area contributed by atoms with Crippen LogP contribution in [0, 0.1) is 0 Å². The van der Waals surface area contributed by atoms with Gasteiger partial charge < -0.3 is 19.5 Å². The van der Waals surface area contributed by atoms with Crippen LogP contribution in [0.3, 0.4) is 0 Å². The molecule has 156 valence electrons. The van der Waals surface area contributed by atoms with E-state index in [-0.39, 0.29) is 23.9 Å². The van der Waals surface area contributed by atoms with Crippen molar-refractivity contribution < 1.29 is 14.3 Å². The molecule has 30 heavy (non-hydrogen) atoms. The largest absolute Gasteiger partial charge is 0.497 e. The highest BCUT2D eigenvalue weighted by Crippen LogP contribution is 2.24. The molecule has 0 saturated carbocycles. The maximum atomic E-state index is 12.8. The smallest absolute Gasteiger partial charge is 0.290 e. The fraction of sp³-hybridized carbons (Fsp3) is 0.348. The second-order valence-electron chi connectivity index (χ2n) is 7.85. The molecule has 0 aliphatic carbocycles. The number of nitrogens with zero attached hydrogens (tertiary/aromatic N) is 3. The van der Waals surface area contributed by atoms with E-state index in [0.717, 1.165) is 16.8 Å². The third-order valence-electron chi connectivity index (χ3n) is 5.61. The average Bonchev–Trinajstić information content (AvgIpc) is 3.12. The predicted molar refractivity (Wildman–Crippen MR) is 115 cm³/mol. The van der Waals surface area contributed by atoms with Crippen LogP contribution >= 0.6 is 0 Å². The first kappa shape index (κ1) is 19.9. The quantitative estimate of drug-likeness (QED) is 0.705. The number of hydrogen-bond acceptors (Lipinski definition) is 4. The van der Waals surface area contributed by atoms with Crippen LogP contribution in [0.4, 0.5) is 0 Å². The predicted octanol–water partition coefficient (Wildman–Crippen LogP) is 3.40. The van der Waals surface area contributed by atoms with Crippen molar-refractivity contribution >= 4 is 22.8 Å². The first-order valence-electron chi connectivity index (χ1n) is 10.1. The van der Waals surface area contributed by atoms with Crippen molar-refractivity contribution in [2.24, 2.45) is 0 Å². The number of carbonyl (C=O) groups excluding carboxylic acids is 2. The zero-order chi connectivity index (χ0) is 21.4. The van der Waals surface area contributed by atoms with E-state index in [0.29, 0.717) is 30.0 Å². The number of fused-ring (bicyclic) bond motifs is 3. The van der Waals surface area contributed by atoms with E-state index in [1.165, 1.54) is 0 Å². The van der Waals surface area contributed by atoms with E-state index in [4.69, 9.17) is 4.74 Å². The number of amides is 2. The van der Waals surface area contributed by atoms with E-state index in [1.807, 2.05) is 60.6 Å². The van der Waals surface area contributed by atoms with Crippen LogP contribution in [0.5, 0.6) is 5.75 Å². The fourth-order valence-electron chi connectivity index (χ4n) is 3.85. The first-order valence-corrected chi connectivity index (χ1v) is 10.1. The molecule has 7 heteroatoms. The topological polar surface area (TPSA) is 76.5 Å². The van der Waals surface area contributed by atoms with Gasteiger partial charge in [-0.05, 0) is 56.7 Å². The molecule has 1 aromatic heterocycles. The van der Waals surface area contributed by atoms with Crippen molar-refractivity contribution in [3.8, 4) is 5.75 Å². The second-order valence-corrected chi connectivity index (χ2v) is 7.85. The number of carbonyl (C=O) groups is 2. The van der Waals surface area contributed by atoms with Gasteiger partial charge in [0.2, 0.25) is 0 Å². The molecule has 4 rings (SSSR count). The van der Waals surface area contributed by atoms with Crippen molar-refractivity contribution in [3.05, 3.63) is 59.4 Å². The van der Waals surface area contributed by atoms with Gasteiger partial charge in [0.25, 0.3) is 11.8 Å². The number of rotatable bonds is 5. The molecular formula is C23H26N4O3. The summed E-state index contributed by atoms with van der Waals surface area (Å²) in [5, 5.41) is 3.02. The molecule has 1 aliphatic rings. The summed E-state index contributed by atoms with van der Waals surface area (Å²) < 4.78 is 7.12. The molecule has 0 fully saturated rings. The van der Waals surface area contributed by atoms with Gasteiger partial charge in [0.05, 0.1) is 24.2 Å². The summed E-state index contributed by atoms with van der Waals surface area (Å²) in [5.74, 6) is 0.971. The molecule has 0 bridgehead atoms. The van der Waals surface area contributed by atoms with E-state index >= 15 is 0 Å². The molecule has 2 amide bonds. The normalized spacial score (nSPS) is 14.7. The number of imidazole rings is 1. The zero-order valence-corrected chi connectivity index (χ0v) is 17.7. The number of aromatic nitrogens is 2. The minimum atomic E-state index is -0.179. The first-order chi connectivity index (χ1) is 14.4. The molecule has 0 radical (unpaired) electrons. The van der Waals surface area contributed by atoms with Crippen LogP contribution in [0.25, 0.3) is 11.0 Å². The van der Waals surface area contributed by atoms with E-state index < -0.39 is 0 Å². The van der Waals surface area contributed by atoms with Crippen LogP contribution < -0.4 is 10.1 Å². The Bertz CT molecular complexity index is 1100. The van der Waals surface area contributed by atoms with Gasteiger partial charge in [-0.25, -0.2) is 4.98 Å². The summed E-state index contributed by atoms with van der Waals surface area (Å²) >= 11 is 0. The molecule has 1 N–H and O–H groups in total. The lowest BCUT2D eigenvalue weighted by Crippen LogP contribution is -2.44. The SMILES string of the molecule is COc1ccc([C@@H](C)NC(=O)c2ccc3c(c2)nc2n3CCN(C(C)C)C2=O)cc1. The molecule has 2 heterocycles. The van der Waals surface area contributed by atoms with Crippen molar-refractivity contribution in [1.29, 1.82) is 0 Å². The zero-order valence-electron chi connectivity index (χ0n) is 17.7. The van der Waals surface area contributed by atoms with Gasteiger partial charge in [-0.15, -0.1) is 0 Å². The highest BCUT2D eigenvalue weighted by Gasteiger charge is 2.29. The lowest BCUT2D eigenvalue weighted by molar-refractivity contribution is 0.0643. The summed E-state index contributed by atoms with van der Waals surface area (Å²) in [7, 11) is 1.62. The lowest BCUT2D eigenvalue weighted by atomic mass is 10.1. The molecule has 1 atom stereocenters. The van der Waals surface area contributed by atoms with Crippen molar-refractivity contribution in [1.82, 2.24) is 19.8 Å². The lowest BCUT2D eigenvalue weighted by Gasteiger charge is -2.30.